The zero-order valence-corrected chi connectivity index (χ0v) is 10.3. The fourth-order valence-corrected chi connectivity index (χ4v) is 2.37. The minimum Gasteiger partial charge on any atom is -0.381 e. The van der Waals surface area contributed by atoms with Crippen molar-refractivity contribution < 1.29 is 0 Å². The summed E-state index contributed by atoms with van der Waals surface area (Å²) in [7, 11) is 0. The minimum absolute atomic E-state index is 0.512. The van der Waals surface area contributed by atoms with Crippen molar-refractivity contribution in [3.05, 3.63) is 29.8 Å². The van der Waals surface area contributed by atoms with Crippen molar-refractivity contribution in [1.29, 1.82) is 5.26 Å². The van der Waals surface area contributed by atoms with Crippen molar-refractivity contribution in [3.63, 3.8) is 0 Å². The number of hydrogen-bond acceptors (Lipinski definition) is 3. The molecule has 2 rings (SSSR count). The summed E-state index contributed by atoms with van der Waals surface area (Å²) in [6, 6.07) is 10.4. The van der Waals surface area contributed by atoms with Crippen LogP contribution in [0.1, 0.15) is 25.3 Å². The molecule has 1 aromatic rings. The Bertz CT molecular complexity index is 408. The van der Waals surface area contributed by atoms with Crippen LogP contribution in [0.3, 0.4) is 0 Å². The number of rotatable bonds is 3. The molecule has 1 fully saturated rings. The van der Waals surface area contributed by atoms with Crippen LogP contribution in [0, 0.1) is 11.3 Å². The summed E-state index contributed by atoms with van der Waals surface area (Å²) in [5.74, 6) is 0. The predicted molar refractivity (Wildman–Crippen MR) is 69.9 cm³/mol. The Labute approximate surface area is 103 Å². The molecule has 1 atom stereocenters. The van der Waals surface area contributed by atoms with Crippen molar-refractivity contribution in [2.45, 2.75) is 25.8 Å². The maximum absolute atomic E-state index is 8.86. The zero-order chi connectivity index (χ0) is 12.1. The summed E-state index contributed by atoms with van der Waals surface area (Å²) in [5, 5.41) is 12.4. The number of anilines is 1. The molecule has 0 aliphatic carbocycles. The Morgan fingerprint density at radius 3 is 3.18 bits per heavy atom. The van der Waals surface area contributed by atoms with Gasteiger partial charge in [-0.05, 0) is 44.1 Å². The van der Waals surface area contributed by atoms with Gasteiger partial charge in [-0.2, -0.15) is 5.26 Å². The Hall–Kier alpha value is -1.53. The van der Waals surface area contributed by atoms with Gasteiger partial charge in [0.1, 0.15) is 0 Å². The van der Waals surface area contributed by atoms with Crippen molar-refractivity contribution in [2.24, 2.45) is 0 Å². The number of nitrogens with one attached hydrogen (secondary N) is 1. The van der Waals surface area contributed by atoms with E-state index in [-0.39, 0.29) is 0 Å². The van der Waals surface area contributed by atoms with Crippen LogP contribution in [0.2, 0.25) is 0 Å². The number of benzene rings is 1. The molecule has 1 unspecified atom stereocenters. The fraction of sp³-hybridized carbons (Fsp3) is 0.500. The van der Waals surface area contributed by atoms with Crippen molar-refractivity contribution in [2.75, 3.05) is 25.0 Å². The summed E-state index contributed by atoms with van der Waals surface area (Å²) in [6.45, 7) is 5.65. The molecule has 0 amide bonds. The lowest BCUT2D eigenvalue weighted by Crippen LogP contribution is -2.41. The highest BCUT2D eigenvalue weighted by atomic mass is 15.2. The maximum Gasteiger partial charge on any atom is 0.0992 e. The van der Waals surface area contributed by atoms with E-state index >= 15 is 0 Å². The number of likely N-dealkylation sites (tertiary alicyclic amines) is 1. The van der Waals surface area contributed by atoms with Crippen LogP contribution in [-0.2, 0) is 0 Å². The quantitative estimate of drug-likeness (QED) is 0.865. The Balaban J connectivity index is 1.98. The molecule has 1 heterocycles. The van der Waals surface area contributed by atoms with Gasteiger partial charge in [0.05, 0.1) is 11.6 Å². The van der Waals surface area contributed by atoms with Gasteiger partial charge in [0.2, 0.25) is 0 Å². The molecule has 1 saturated heterocycles. The molecule has 17 heavy (non-hydrogen) atoms. The molecule has 1 aliphatic rings. The molecule has 1 aliphatic heterocycles. The first-order valence-electron chi connectivity index (χ1n) is 6.31. The van der Waals surface area contributed by atoms with Crippen LogP contribution in [0.4, 0.5) is 5.69 Å². The number of nitrogens with zero attached hydrogens (tertiary/aromatic N) is 2. The van der Waals surface area contributed by atoms with E-state index < -0.39 is 0 Å². The molecule has 3 heteroatoms. The second-order valence-electron chi connectivity index (χ2n) is 4.57. The van der Waals surface area contributed by atoms with Gasteiger partial charge in [-0.15, -0.1) is 0 Å². The number of piperidine rings is 1. The molecule has 0 saturated carbocycles. The second kappa shape index (κ2) is 5.70. The van der Waals surface area contributed by atoms with Gasteiger partial charge in [0, 0.05) is 18.3 Å². The van der Waals surface area contributed by atoms with Crippen LogP contribution in [0.25, 0.3) is 0 Å². The zero-order valence-electron chi connectivity index (χ0n) is 10.3. The SMILES string of the molecule is CCN1CCCC(Nc2cccc(C#N)c2)C1. The Morgan fingerprint density at radius 2 is 2.41 bits per heavy atom. The highest BCUT2D eigenvalue weighted by molar-refractivity contribution is 5.49. The maximum atomic E-state index is 8.86. The fourth-order valence-electron chi connectivity index (χ4n) is 2.37. The van der Waals surface area contributed by atoms with E-state index in [0.29, 0.717) is 6.04 Å². The lowest BCUT2D eigenvalue weighted by molar-refractivity contribution is 0.227. The predicted octanol–water partition coefficient (Wildman–Crippen LogP) is 2.45. The standard InChI is InChI=1S/C14H19N3/c1-2-17-8-4-7-14(11-17)16-13-6-3-5-12(9-13)10-15/h3,5-6,9,14,16H,2,4,7-8,11H2,1H3. The van der Waals surface area contributed by atoms with E-state index in [9.17, 15) is 0 Å². The lowest BCUT2D eigenvalue weighted by atomic mass is 10.1. The topological polar surface area (TPSA) is 39.1 Å². The van der Waals surface area contributed by atoms with Crippen LogP contribution in [0.5, 0.6) is 0 Å². The first-order chi connectivity index (χ1) is 8.31. The van der Waals surface area contributed by atoms with E-state index in [1.165, 1.54) is 19.4 Å². The summed E-state index contributed by atoms with van der Waals surface area (Å²) in [6.07, 6.45) is 2.47. The summed E-state index contributed by atoms with van der Waals surface area (Å²) < 4.78 is 0. The lowest BCUT2D eigenvalue weighted by Gasteiger charge is -2.32. The molecule has 1 N–H and O–H groups in total. The molecule has 3 nitrogen and oxygen atoms in total. The van der Waals surface area contributed by atoms with Gasteiger partial charge < -0.3 is 10.2 Å². The number of hydrogen-bond donors (Lipinski definition) is 1. The molecule has 0 spiro atoms. The van der Waals surface area contributed by atoms with Crippen molar-refractivity contribution >= 4 is 5.69 Å². The first kappa shape index (κ1) is 11.9. The summed E-state index contributed by atoms with van der Waals surface area (Å²) in [4.78, 5) is 2.47. The van der Waals surface area contributed by atoms with Crippen LogP contribution < -0.4 is 5.32 Å². The first-order valence-corrected chi connectivity index (χ1v) is 6.31. The Morgan fingerprint density at radius 1 is 1.53 bits per heavy atom. The highest BCUT2D eigenvalue weighted by Crippen LogP contribution is 2.16. The van der Waals surface area contributed by atoms with Crippen LogP contribution >= 0.6 is 0 Å². The summed E-state index contributed by atoms with van der Waals surface area (Å²) >= 11 is 0. The normalized spacial score (nSPS) is 20.8. The van der Waals surface area contributed by atoms with Gasteiger partial charge in [-0.3, -0.25) is 0 Å². The van der Waals surface area contributed by atoms with Crippen molar-refractivity contribution in [1.82, 2.24) is 4.90 Å². The molecule has 0 bridgehead atoms. The molecular weight excluding hydrogens is 210 g/mol. The molecule has 0 aromatic heterocycles. The third-order valence-corrected chi connectivity index (χ3v) is 3.32. The van der Waals surface area contributed by atoms with Gasteiger partial charge in [0.25, 0.3) is 0 Å². The van der Waals surface area contributed by atoms with Crippen molar-refractivity contribution in [3.8, 4) is 6.07 Å². The highest BCUT2D eigenvalue weighted by Gasteiger charge is 2.18. The van der Waals surface area contributed by atoms with E-state index in [1.807, 2.05) is 24.3 Å². The third kappa shape index (κ3) is 3.21. The van der Waals surface area contributed by atoms with E-state index in [0.717, 1.165) is 24.3 Å². The largest absolute Gasteiger partial charge is 0.381 e. The smallest absolute Gasteiger partial charge is 0.0992 e. The average Bonchev–Trinajstić information content (AvgIpc) is 2.39. The van der Waals surface area contributed by atoms with Gasteiger partial charge in [-0.1, -0.05) is 13.0 Å². The molecule has 0 radical (unpaired) electrons. The van der Waals surface area contributed by atoms with E-state index in [1.54, 1.807) is 0 Å². The number of nitriles is 1. The average molecular weight is 229 g/mol. The molecular formula is C14H19N3. The van der Waals surface area contributed by atoms with Crippen LogP contribution in [0.15, 0.2) is 24.3 Å². The molecule has 1 aromatic carbocycles. The van der Waals surface area contributed by atoms with Gasteiger partial charge in [-0.25, -0.2) is 0 Å². The van der Waals surface area contributed by atoms with Crippen LogP contribution in [-0.4, -0.2) is 30.6 Å². The number of likely N-dealkylation sites (N-methyl/N-ethyl adjacent to an activating group) is 1. The minimum atomic E-state index is 0.512. The van der Waals surface area contributed by atoms with E-state index in [4.69, 9.17) is 5.26 Å². The second-order valence-corrected chi connectivity index (χ2v) is 4.57. The Kier molecular flexibility index (Phi) is 4.00. The van der Waals surface area contributed by atoms with E-state index in [2.05, 4.69) is 23.2 Å². The monoisotopic (exact) mass is 229 g/mol. The van der Waals surface area contributed by atoms with Gasteiger partial charge in [0.15, 0.2) is 0 Å². The summed E-state index contributed by atoms with van der Waals surface area (Å²) in [5.41, 5.74) is 1.78. The third-order valence-electron chi connectivity index (χ3n) is 3.32. The van der Waals surface area contributed by atoms with Gasteiger partial charge >= 0.3 is 0 Å². The molecule has 90 valence electrons.